The van der Waals surface area contributed by atoms with Gasteiger partial charge in [0.15, 0.2) is 0 Å². The van der Waals surface area contributed by atoms with Gasteiger partial charge in [0.2, 0.25) is 10.0 Å². The molecule has 116 valence electrons. The van der Waals surface area contributed by atoms with Gasteiger partial charge in [-0.2, -0.15) is 0 Å². The Balaban J connectivity index is 1.78. The molecule has 3 rings (SSSR count). The maximum absolute atomic E-state index is 12.5. The molecule has 0 aliphatic heterocycles. The molecule has 5 nitrogen and oxygen atoms in total. The third-order valence-electron chi connectivity index (χ3n) is 4.91. The molecule has 2 aliphatic rings. The monoisotopic (exact) mass is 373 g/mol. The quantitative estimate of drug-likeness (QED) is 0.848. The molecule has 2 saturated carbocycles. The number of nitrogens with one attached hydrogen (secondary N) is 1. The molecule has 2 aliphatic carbocycles. The van der Waals surface area contributed by atoms with E-state index in [1.807, 2.05) is 6.92 Å². The van der Waals surface area contributed by atoms with Crippen LogP contribution in [0.25, 0.3) is 0 Å². The molecule has 0 radical (unpaired) electrons. The summed E-state index contributed by atoms with van der Waals surface area (Å²) >= 11 is 3.24. The Hall–Kier alpha value is -0.660. The second kappa shape index (κ2) is 5.52. The van der Waals surface area contributed by atoms with Gasteiger partial charge in [0.1, 0.15) is 10.7 Å². The lowest BCUT2D eigenvalue weighted by Gasteiger charge is -2.28. The van der Waals surface area contributed by atoms with E-state index in [0.29, 0.717) is 16.3 Å². The van der Waals surface area contributed by atoms with Gasteiger partial charge in [-0.15, -0.1) is 0 Å². The van der Waals surface area contributed by atoms with E-state index in [1.54, 1.807) is 0 Å². The first-order valence-electron chi connectivity index (χ1n) is 7.30. The van der Waals surface area contributed by atoms with E-state index in [1.165, 1.54) is 31.5 Å². The van der Waals surface area contributed by atoms with Crippen LogP contribution in [-0.2, 0) is 10.0 Å². The Kier molecular flexibility index (Phi) is 4.00. The molecule has 2 bridgehead atoms. The van der Waals surface area contributed by atoms with Crippen LogP contribution in [0.1, 0.15) is 32.6 Å². The zero-order chi connectivity index (χ0) is 15.2. The number of rotatable bonds is 4. The molecule has 3 N–H and O–H groups in total. The zero-order valence-electron chi connectivity index (χ0n) is 11.9. The Labute approximate surface area is 133 Å². The minimum Gasteiger partial charge on any atom is -0.383 e. The van der Waals surface area contributed by atoms with E-state index in [4.69, 9.17) is 5.73 Å². The van der Waals surface area contributed by atoms with Crippen molar-refractivity contribution in [2.45, 2.75) is 43.5 Å². The highest BCUT2D eigenvalue weighted by Crippen LogP contribution is 2.49. The molecule has 0 spiro atoms. The van der Waals surface area contributed by atoms with Crippen molar-refractivity contribution in [2.24, 2.45) is 17.8 Å². The highest BCUT2D eigenvalue weighted by atomic mass is 79.9. The first-order valence-corrected chi connectivity index (χ1v) is 9.58. The number of nitrogens with zero attached hydrogens (tertiary/aromatic N) is 1. The fourth-order valence-electron chi connectivity index (χ4n) is 3.95. The first kappa shape index (κ1) is 15.2. The molecule has 0 saturated heterocycles. The summed E-state index contributed by atoms with van der Waals surface area (Å²) in [6.07, 6.45) is 6.44. The van der Waals surface area contributed by atoms with Crippen molar-refractivity contribution < 1.29 is 8.42 Å². The van der Waals surface area contributed by atoms with Gasteiger partial charge in [0.05, 0.1) is 0 Å². The second-order valence-electron chi connectivity index (χ2n) is 6.29. The third kappa shape index (κ3) is 2.96. The van der Waals surface area contributed by atoms with Crippen LogP contribution in [-0.4, -0.2) is 19.4 Å². The van der Waals surface area contributed by atoms with Crippen molar-refractivity contribution >= 4 is 31.8 Å². The number of pyridine rings is 1. The Morgan fingerprint density at radius 1 is 1.43 bits per heavy atom. The lowest BCUT2D eigenvalue weighted by Crippen LogP contribution is -2.40. The summed E-state index contributed by atoms with van der Waals surface area (Å²) in [5.41, 5.74) is 5.71. The number of halogens is 1. The van der Waals surface area contributed by atoms with Gasteiger partial charge in [-0.1, -0.05) is 6.42 Å². The normalized spacial score (nSPS) is 29.7. The van der Waals surface area contributed by atoms with Crippen LogP contribution >= 0.6 is 15.9 Å². The zero-order valence-corrected chi connectivity index (χ0v) is 14.3. The van der Waals surface area contributed by atoms with Crippen molar-refractivity contribution in [1.29, 1.82) is 0 Å². The van der Waals surface area contributed by atoms with Gasteiger partial charge in [-0.05, 0) is 65.9 Å². The Bertz CT molecular complexity index is 650. The van der Waals surface area contributed by atoms with Gasteiger partial charge >= 0.3 is 0 Å². The fourth-order valence-corrected chi connectivity index (χ4v) is 5.83. The minimum atomic E-state index is -3.63. The summed E-state index contributed by atoms with van der Waals surface area (Å²) in [6.45, 7) is 1.96. The average molecular weight is 374 g/mol. The standard InChI is InChI=1S/C14H20BrN3O2S/c1-8(12-5-9-2-3-10(12)4-9)18-21(19,20)13-6-11(15)7-17-14(13)16/h6-10,12,18H,2-5H2,1H3,(H2,16,17). The van der Waals surface area contributed by atoms with E-state index in [0.717, 1.165) is 12.3 Å². The number of nitrogen functional groups attached to an aromatic ring is 1. The molecule has 21 heavy (non-hydrogen) atoms. The van der Waals surface area contributed by atoms with E-state index >= 15 is 0 Å². The summed E-state index contributed by atoms with van der Waals surface area (Å²) in [7, 11) is -3.63. The number of aromatic nitrogens is 1. The summed E-state index contributed by atoms with van der Waals surface area (Å²) < 4.78 is 28.5. The van der Waals surface area contributed by atoms with Crippen LogP contribution in [0, 0.1) is 17.8 Å². The number of anilines is 1. The molecular weight excluding hydrogens is 354 g/mol. The smallest absolute Gasteiger partial charge is 0.244 e. The van der Waals surface area contributed by atoms with Gasteiger partial charge in [0.25, 0.3) is 0 Å². The van der Waals surface area contributed by atoms with Gasteiger partial charge in [0, 0.05) is 16.7 Å². The van der Waals surface area contributed by atoms with Crippen LogP contribution in [0.5, 0.6) is 0 Å². The molecule has 1 aromatic rings. The maximum Gasteiger partial charge on any atom is 0.244 e. The van der Waals surface area contributed by atoms with Crippen molar-refractivity contribution in [3.8, 4) is 0 Å². The number of hydrogen-bond acceptors (Lipinski definition) is 4. The largest absolute Gasteiger partial charge is 0.383 e. The SMILES string of the molecule is CC(NS(=O)(=O)c1cc(Br)cnc1N)C1CC2CCC1C2. The van der Waals surface area contributed by atoms with Crippen molar-refractivity contribution in [3.05, 3.63) is 16.7 Å². The predicted molar refractivity (Wildman–Crippen MR) is 85.1 cm³/mol. The molecule has 0 amide bonds. The van der Waals surface area contributed by atoms with E-state index in [-0.39, 0.29) is 16.8 Å². The van der Waals surface area contributed by atoms with Crippen molar-refractivity contribution in [1.82, 2.24) is 9.71 Å². The first-order chi connectivity index (χ1) is 9.87. The highest BCUT2D eigenvalue weighted by Gasteiger charge is 2.42. The number of hydrogen-bond donors (Lipinski definition) is 2. The number of fused-ring (bicyclic) bond motifs is 2. The summed E-state index contributed by atoms with van der Waals surface area (Å²) in [6, 6.07) is 1.43. The number of nitrogens with two attached hydrogens (primary N) is 1. The summed E-state index contributed by atoms with van der Waals surface area (Å²) in [5.74, 6) is 1.95. The van der Waals surface area contributed by atoms with E-state index < -0.39 is 10.0 Å². The summed E-state index contributed by atoms with van der Waals surface area (Å²) in [4.78, 5) is 3.95. The van der Waals surface area contributed by atoms with Crippen LogP contribution in [0.3, 0.4) is 0 Å². The maximum atomic E-state index is 12.5. The molecule has 7 heteroatoms. The van der Waals surface area contributed by atoms with Crippen LogP contribution in [0.4, 0.5) is 5.82 Å². The van der Waals surface area contributed by atoms with Crippen molar-refractivity contribution in [2.75, 3.05) is 5.73 Å². The van der Waals surface area contributed by atoms with Crippen LogP contribution in [0.2, 0.25) is 0 Å². The predicted octanol–water partition coefficient (Wildman–Crippen LogP) is 2.53. The van der Waals surface area contributed by atoms with Crippen LogP contribution in [0.15, 0.2) is 21.6 Å². The fraction of sp³-hybridized carbons (Fsp3) is 0.643. The Morgan fingerprint density at radius 3 is 2.81 bits per heavy atom. The van der Waals surface area contributed by atoms with Gasteiger partial charge in [-0.25, -0.2) is 18.1 Å². The molecule has 4 atom stereocenters. The molecular formula is C14H20BrN3O2S. The van der Waals surface area contributed by atoms with Crippen LogP contribution < -0.4 is 10.5 Å². The second-order valence-corrected chi connectivity index (χ2v) is 8.88. The highest BCUT2D eigenvalue weighted by molar-refractivity contribution is 9.10. The average Bonchev–Trinajstić information content (AvgIpc) is 3.03. The van der Waals surface area contributed by atoms with Gasteiger partial charge in [-0.3, -0.25) is 0 Å². The number of sulfonamides is 1. The molecule has 0 aromatic carbocycles. The molecule has 1 heterocycles. The van der Waals surface area contributed by atoms with E-state index in [9.17, 15) is 8.42 Å². The molecule has 2 fully saturated rings. The summed E-state index contributed by atoms with van der Waals surface area (Å²) in [5, 5.41) is 0. The minimum absolute atomic E-state index is 0.0332. The van der Waals surface area contributed by atoms with Crippen molar-refractivity contribution in [3.63, 3.8) is 0 Å². The topological polar surface area (TPSA) is 85.1 Å². The Morgan fingerprint density at radius 2 is 2.19 bits per heavy atom. The van der Waals surface area contributed by atoms with E-state index in [2.05, 4.69) is 25.6 Å². The third-order valence-corrected chi connectivity index (χ3v) is 6.94. The van der Waals surface area contributed by atoms with Gasteiger partial charge < -0.3 is 5.73 Å². The molecule has 4 unspecified atom stereocenters. The lowest BCUT2D eigenvalue weighted by atomic mass is 9.84. The molecule has 1 aromatic heterocycles. The lowest BCUT2D eigenvalue weighted by molar-refractivity contribution is 0.280.